The molecule has 0 heterocycles. The van der Waals surface area contributed by atoms with Crippen molar-refractivity contribution in [2.75, 3.05) is 26.7 Å². The van der Waals surface area contributed by atoms with Gasteiger partial charge in [-0.2, -0.15) is 8.78 Å². The van der Waals surface area contributed by atoms with Gasteiger partial charge in [0.1, 0.15) is 0 Å². The van der Waals surface area contributed by atoms with Crippen molar-refractivity contribution in [2.45, 2.75) is 5.92 Å². The highest BCUT2D eigenvalue weighted by molar-refractivity contribution is 5.75. The predicted octanol–water partition coefficient (Wildman–Crippen LogP) is -0.370. The molecule has 4 nitrogen and oxygen atoms in total. The third-order valence-electron chi connectivity index (χ3n) is 1.26. The summed E-state index contributed by atoms with van der Waals surface area (Å²) in [6, 6.07) is 0. The Bertz CT molecular complexity index is 163. The highest BCUT2D eigenvalue weighted by Crippen LogP contribution is 2.14. The van der Waals surface area contributed by atoms with Gasteiger partial charge < -0.3 is 10.2 Å². The van der Waals surface area contributed by atoms with E-state index in [4.69, 9.17) is 10.2 Å². The molecule has 0 aliphatic heterocycles. The van der Waals surface area contributed by atoms with Crippen molar-refractivity contribution >= 4 is 5.97 Å². The second-order valence-electron chi connectivity index (χ2n) is 2.47. The van der Waals surface area contributed by atoms with E-state index >= 15 is 0 Å². The van der Waals surface area contributed by atoms with Crippen LogP contribution in [0, 0.1) is 0 Å². The minimum absolute atomic E-state index is 0.0306. The number of carboxylic acids is 1. The predicted molar refractivity (Wildman–Crippen MR) is 37.2 cm³/mol. The summed E-state index contributed by atoms with van der Waals surface area (Å²) in [5.41, 5.74) is 0. The molecule has 0 atom stereocenters. The summed E-state index contributed by atoms with van der Waals surface area (Å²) >= 11 is 0. The molecular weight excluding hydrogens is 172 g/mol. The normalized spacial score (nSPS) is 12.1. The third kappa shape index (κ3) is 3.59. The summed E-state index contributed by atoms with van der Waals surface area (Å²) in [5, 5.41) is 16.4. The molecule has 0 aliphatic carbocycles. The zero-order chi connectivity index (χ0) is 9.78. The summed E-state index contributed by atoms with van der Waals surface area (Å²) in [5.74, 6) is -5.89. The van der Waals surface area contributed by atoms with Crippen molar-refractivity contribution < 1.29 is 23.8 Å². The van der Waals surface area contributed by atoms with Gasteiger partial charge in [-0.15, -0.1) is 0 Å². The topological polar surface area (TPSA) is 60.8 Å². The van der Waals surface area contributed by atoms with E-state index in [9.17, 15) is 13.6 Å². The van der Waals surface area contributed by atoms with Gasteiger partial charge >= 0.3 is 11.9 Å². The molecule has 72 valence electrons. The minimum atomic E-state index is -3.75. The number of aliphatic carboxylic acids is 1. The summed E-state index contributed by atoms with van der Waals surface area (Å²) in [4.78, 5) is 11.0. The first-order valence-corrected chi connectivity index (χ1v) is 3.31. The fraction of sp³-hybridized carbons (Fsp3) is 0.833. The van der Waals surface area contributed by atoms with E-state index in [1.54, 1.807) is 0 Å². The molecule has 0 aromatic heterocycles. The third-order valence-corrected chi connectivity index (χ3v) is 1.26. The molecular formula is C6H11F2NO3. The molecule has 0 aromatic rings. The molecule has 0 saturated carbocycles. The molecule has 0 radical (unpaired) electrons. The molecule has 0 bridgehead atoms. The van der Waals surface area contributed by atoms with Crippen molar-refractivity contribution in [3.05, 3.63) is 0 Å². The quantitative estimate of drug-likeness (QED) is 0.610. The van der Waals surface area contributed by atoms with Gasteiger partial charge in [0.25, 0.3) is 0 Å². The Balaban J connectivity index is 3.96. The second-order valence-corrected chi connectivity index (χ2v) is 2.47. The Morgan fingerprint density at radius 2 is 2.08 bits per heavy atom. The van der Waals surface area contributed by atoms with Crippen LogP contribution in [-0.2, 0) is 4.79 Å². The maximum Gasteiger partial charge on any atom is 0.375 e. The molecule has 2 N–H and O–H groups in total. The van der Waals surface area contributed by atoms with Crippen LogP contribution in [0.1, 0.15) is 0 Å². The van der Waals surface area contributed by atoms with Gasteiger partial charge in [-0.25, -0.2) is 4.79 Å². The lowest BCUT2D eigenvalue weighted by Crippen LogP contribution is -2.41. The molecule has 0 amide bonds. The number of aliphatic hydroxyl groups excluding tert-OH is 1. The number of hydrogen-bond acceptors (Lipinski definition) is 3. The van der Waals surface area contributed by atoms with Crippen LogP contribution in [0.25, 0.3) is 0 Å². The Morgan fingerprint density at radius 1 is 1.58 bits per heavy atom. The van der Waals surface area contributed by atoms with Gasteiger partial charge in [-0.3, -0.25) is 4.90 Å². The van der Waals surface area contributed by atoms with E-state index in [0.717, 1.165) is 4.90 Å². The van der Waals surface area contributed by atoms with Crippen LogP contribution in [0.15, 0.2) is 0 Å². The fourth-order valence-electron chi connectivity index (χ4n) is 0.656. The molecule has 6 heteroatoms. The minimum Gasteiger partial charge on any atom is -0.477 e. The van der Waals surface area contributed by atoms with Crippen LogP contribution >= 0.6 is 0 Å². The number of carbonyl (C=O) groups is 1. The van der Waals surface area contributed by atoms with Gasteiger partial charge in [0.2, 0.25) is 0 Å². The summed E-state index contributed by atoms with van der Waals surface area (Å²) < 4.78 is 24.8. The molecule has 0 saturated heterocycles. The first-order chi connectivity index (χ1) is 5.40. The first kappa shape index (κ1) is 11.2. The maximum absolute atomic E-state index is 12.4. The molecule has 0 aliphatic rings. The van der Waals surface area contributed by atoms with Crippen LogP contribution in [0.5, 0.6) is 0 Å². The van der Waals surface area contributed by atoms with E-state index in [1.165, 1.54) is 7.05 Å². The zero-order valence-corrected chi connectivity index (χ0v) is 6.63. The lowest BCUT2D eigenvalue weighted by Gasteiger charge is -2.19. The van der Waals surface area contributed by atoms with Crippen molar-refractivity contribution in [3.63, 3.8) is 0 Å². The van der Waals surface area contributed by atoms with Crippen molar-refractivity contribution in [1.82, 2.24) is 4.90 Å². The van der Waals surface area contributed by atoms with Crippen molar-refractivity contribution in [1.29, 1.82) is 0 Å². The molecule has 0 unspecified atom stereocenters. The highest BCUT2D eigenvalue weighted by Gasteiger charge is 2.39. The number of hydrogen-bond donors (Lipinski definition) is 2. The average Bonchev–Trinajstić information content (AvgIpc) is 1.85. The summed E-state index contributed by atoms with van der Waals surface area (Å²) in [6.45, 7) is -1.13. The lowest BCUT2D eigenvalue weighted by atomic mass is 10.3. The zero-order valence-electron chi connectivity index (χ0n) is 6.63. The van der Waals surface area contributed by atoms with Crippen molar-refractivity contribution in [2.24, 2.45) is 0 Å². The van der Waals surface area contributed by atoms with E-state index < -0.39 is 18.4 Å². The highest BCUT2D eigenvalue weighted by atomic mass is 19.3. The number of nitrogens with zero attached hydrogens (tertiary/aromatic N) is 1. The van der Waals surface area contributed by atoms with E-state index in [1.807, 2.05) is 0 Å². The second kappa shape index (κ2) is 4.32. The number of halogens is 2. The Labute approximate surface area is 68.4 Å². The molecule has 0 fully saturated rings. The van der Waals surface area contributed by atoms with Gasteiger partial charge in [0.15, 0.2) is 0 Å². The number of rotatable bonds is 5. The van der Waals surface area contributed by atoms with E-state index in [2.05, 4.69) is 0 Å². The number of carboxylic acid groups (broad SMARTS) is 1. The fourth-order valence-corrected chi connectivity index (χ4v) is 0.656. The Kier molecular flexibility index (Phi) is 4.05. The molecule has 12 heavy (non-hydrogen) atoms. The van der Waals surface area contributed by atoms with Crippen LogP contribution in [-0.4, -0.2) is 53.7 Å². The summed E-state index contributed by atoms with van der Waals surface area (Å²) in [6.07, 6.45) is 0. The smallest absolute Gasteiger partial charge is 0.375 e. The molecule has 0 rings (SSSR count). The summed E-state index contributed by atoms with van der Waals surface area (Å²) in [7, 11) is 1.31. The van der Waals surface area contributed by atoms with E-state index in [-0.39, 0.29) is 13.2 Å². The van der Waals surface area contributed by atoms with Crippen LogP contribution in [0.4, 0.5) is 8.78 Å². The number of aliphatic hydroxyl groups is 1. The largest absolute Gasteiger partial charge is 0.477 e. The van der Waals surface area contributed by atoms with Gasteiger partial charge in [-0.05, 0) is 7.05 Å². The number of likely N-dealkylation sites (N-methyl/N-ethyl adjacent to an activating group) is 1. The Hall–Kier alpha value is -0.750. The maximum atomic E-state index is 12.4. The van der Waals surface area contributed by atoms with Crippen LogP contribution in [0.2, 0.25) is 0 Å². The van der Waals surface area contributed by atoms with Gasteiger partial charge in [0, 0.05) is 6.54 Å². The van der Waals surface area contributed by atoms with Crippen molar-refractivity contribution in [3.8, 4) is 0 Å². The van der Waals surface area contributed by atoms with Gasteiger partial charge in [0.05, 0.1) is 13.2 Å². The average molecular weight is 183 g/mol. The first-order valence-electron chi connectivity index (χ1n) is 3.31. The Morgan fingerprint density at radius 3 is 2.42 bits per heavy atom. The van der Waals surface area contributed by atoms with E-state index in [0.29, 0.717) is 0 Å². The lowest BCUT2D eigenvalue weighted by molar-refractivity contribution is -0.167. The molecule has 0 aromatic carbocycles. The molecule has 0 spiro atoms. The number of alkyl halides is 2. The van der Waals surface area contributed by atoms with Crippen LogP contribution in [0.3, 0.4) is 0 Å². The van der Waals surface area contributed by atoms with Crippen LogP contribution < -0.4 is 0 Å². The monoisotopic (exact) mass is 183 g/mol. The standard InChI is InChI=1S/C6H11F2NO3/c1-9(2-3-10)4-6(7,8)5(11)12/h10H,2-4H2,1H3,(H,11,12). The van der Waals surface area contributed by atoms with Gasteiger partial charge in [-0.1, -0.05) is 0 Å². The SMILES string of the molecule is CN(CCO)CC(F)(F)C(=O)O.